The fourth-order valence-electron chi connectivity index (χ4n) is 4.84. The number of esters is 2. The van der Waals surface area contributed by atoms with Gasteiger partial charge in [-0.25, -0.2) is 0 Å². The molecule has 0 spiro atoms. The van der Waals surface area contributed by atoms with Crippen molar-refractivity contribution in [3.63, 3.8) is 0 Å². The van der Waals surface area contributed by atoms with Crippen LogP contribution < -0.4 is 0 Å². The minimum absolute atomic E-state index is 0.137. The fourth-order valence-corrected chi connectivity index (χ4v) is 4.84. The molecule has 0 aliphatic rings. The summed E-state index contributed by atoms with van der Waals surface area (Å²) in [7, 11) is 0. The number of ether oxygens (including phenoxy) is 2. The number of aliphatic hydroxyl groups excluding tert-OH is 1. The molecule has 0 aromatic rings. The van der Waals surface area contributed by atoms with E-state index in [1.54, 1.807) is 0 Å². The lowest BCUT2D eigenvalue weighted by atomic mass is 10.1. The second kappa shape index (κ2) is 37.1. The smallest absolute Gasteiger partial charge is 0.305 e. The molecule has 46 heavy (non-hydrogen) atoms. The summed E-state index contributed by atoms with van der Waals surface area (Å²) in [5.74, 6) is -0.638. The van der Waals surface area contributed by atoms with Gasteiger partial charge in [0.1, 0.15) is 19.3 Å². The number of hydrogen-bond donors (Lipinski definition) is 1. The molecule has 0 unspecified atom stereocenters. The van der Waals surface area contributed by atoms with Gasteiger partial charge in [-0.15, -0.1) is 0 Å². The van der Waals surface area contributed by atoms with Gasteiger partial charge in [0.05, 0.1) is 0 Å². The number of unbranched alkanes of at least 4 members (excludes halogenated alkanes) is 15. The van der Waals surface area contributed by atoms with Gasteiger partial charge >= 0.3 is 11.9 Å². The predicted octanol–water partition coefficient (Wildman–Crippen LogP) is 11.6. The first-order valence-corrected chi connectivity index (χ1v) is 18.8. The van der Waals surface area contributed by atoms with Crippen molar-refractivity contribution in [2.24, 2.45) is 0 Å². The van der Waals surface area contributed by atoms with Gasteiger partial charge in [-0.2, -0.15) is 0 Å². The van der Waals surface area contributed by atoms with Crippen LogP contribution in [-0.2, 0) is 19.1 Å². The molecular formula is C41H70O5. The normalized spacial score (nSPS) is 12.8. The van der Waals surface area contributed by atoms with Crippen LogP contribution in [0.2, 0.25) is 0 Å². The molecule has 0 radical (unpaired) electrons. The number of rotatable bonds is 33. The van der Waals surface area contributed by atoms with Crippen molar-refractivity contribution in [1.29, 1.82) is 0 Å². The largest absolute Gasteiger partial charge is 0.463 e. The van der Waals surface area contributed by atoms with Crippen LogP contribution in [0.4, 0.5) is 0 Å². The monoisotopic (exact) mass is 643 g/mol. The highest BCUT2D eigenvalue weighted by molar-refractivity contribution is 5.69. The first-order valence-electron chi connectivity index (χ1n) is 18.8. The van der Waals surface area contributed by atoms with Crippen LogP contribution in [0, 0.1) is 0 Å². The summed E-state index contributed by atoms with van der Waals surface area (Å²) < 4.78 is 10.3. The van der Waals surface area contributed by atoms with E-state index >= 15 is 0 Å². The van der Waals surface area contributed by atoms with Gasteiger partial charge in [0.15, 0.2) is 0 Å². The Morgan fingerprint density at radius 1 is 0.457 bits per heavy atom. The SMILES string of the molecule is CCCCC/C=C\C/C=C\C/C=C\C/C=C\CCCC(=O)OC[C@H](O)COC(=O)CCCCCCCCC/C=C\CCCCCC. The molecule has 0 amide bonds. The topological polar surface area (TPSA) is 72.8 Å². The summed E-state index contributed by atoms with van der Waals surface area (Å²) in [5.41, 5.74) is 0. The highest BCUT2D eigenvalue weighted by Gasteiger charge is 2.11. The summed E-state index contributed by atoms with van der Waals surface area (Å²) in [6.07, 6.45) is 47.0. The molecule has 0 rings (SSSR count). The van der Waals surface area contributed by atoms with Gasteiger partial charge in [-0.3, -0.25) is 9.59 Å². The lowest BCUT2D eigenvalue weighted by Crippen LogP contribution is -2.25. The van der Waals surface area contributed by atoms with E-state index in [1.165, 1.54) is 89.9 Å². The number of allylic oxidation sites excluding steroid dienone is 10. The second-order valence-corrected chi connectivity index (χ2v) is 12.3. The maximum Gasteiger partial charge on any atom is 0.305 e. The highest BCUT2D eigenvalue weighted by Crippen LogP contribution is 2.11. The van der Waals surface area contributed by atoms with Crippen LogP contribution in [0.15, 0.2) is 60.8 Å². The summed E-state index contributed by atoms with van der Waals surface area (Å²) >= 11 is 0. The zero-order valence-corrected chi connectivity index (χ0v) is 29.8. The summed E-state index contributed by atoms with van der Waals surface area (Å²) in [6.45, 7) is 4.19. The Bertz CT molecular complexity index is 823. The van der Waals surface area contributed by atoms with E-state index in [2.05, 4.69) is 74.6 Å². The molecule has 0 aliphatic heterocycles. The minimum atomic E-state index is -0.989. The van der Waals surface area contributed by atoms with Gasteiger partial charge < -0.3 is 14.6 Å². The molecule has 264 valence electrons. The molecule has 0 saturated carbocycles. The van der Waals surface area contributed by atoms with Gasteiger partial charge in [-0.05, 0) is 77.0 Å². The zero-order valence-electron chi connectivity index (χ0n) is 29.8. The van der Waals surface area contributed by atoms with Crippen LogP contribution in [0.5, 0.6) is 0 Å². The fraction of sp³-hybridized carbons (Fsp3) is 0.707. The predicted molar refractivity (Wildman–Crippen MR) is 196 cm³/mol. The van der Waals surface area contributed by atoms with Crippen LogP contribution >= 0.6 is 0 Å². The molecule has 5 heteroatoms. The minimum Gasteiger partial charge on any atom is -0.463 e. The molecule has 5 nitrogen and oxygen atoms in total. The Balaban J connectivity index is 3.56. The summed E-state index contributed by atoms with van der Waals surface area (Å²) in [5, 5.41) is 9.99. The van der Waals surface area contributed by atoms with E-state index in [9.17, 15) is 14.7 Å². The average molecular weight is 643 g/mol. The zero-order chi connectivity index (χ0) is 33.6. The van der Waals surface area contributed by atoms with E-state index in [-0.39, 0.29) is 25.2 Å². The molecule has 1 N–H and O–H groups in total. The lowest BCUT2D eigenvalue weighted by molar-refractivity contribution is -0.152. The molecular weight excluding hydrogens is 572 g/mol. The van der Waals surface area contributed by atoms with Crippen LogP contribution in [0.3, 0.4) is 0 Å². The highest BCUT2D eigenvalue weighted by atomic mass is 16.6. The molecule has 1 atom stereocenters. The Hall–Kier alpha value is -2.40. The third-order valence-electron chi connectivity index (χ3n) is 7.73. The van der Waals surface area contributed by atoms with Crippen molar-refractivity contribution >= 4 is 11.9 Å². The van der Waals surface area contributed by atoms with E-state index in [0.717, 1.165) is 44.9 Å². The Labute approximate surface area is 283 Å². The Kier molecular flexibility index (Phi) is 35.1. The lowest BCUT2D eigenvalue weighted by Gasteiger charge is -2.12. The maximum absolute atomic E-state index is 11.9. The number of carbonyl (C=O) groups excluding carboxylic acids is 2. The Morgan fingerprint density at radius 3 is 1.28 bits per heavy atom. The van der Waals surface area contributed by atoms with Crippen molar-refractivity contribution in [1.82, 2.24) is 0 Å². The first kappa shape index (κ1) is 43.6. The van der Waals surface area contributed by atoms with Crippen LogP contribution in [0.25, 0.3) is 0 Å². The van der Waals surface area contributed by atoms with Gasteiger partial charge in [0.2, 0.25) is 0 Å². The first-order chi connectivity index (χ1) is 22.6. The average Bonchev–Trinajstić information content (AvgIpc) is 3.06. The van der Waals surface area contributed by atoms with Crippen LogP contribution in [0.1, 0.15) is 168 Å². The quantitative estimate of drug-likeness (QED) is 0.0438. The standard InChI is InChI=1S/C41H70O5/c1-3-5-7-9-11-13-15-17-19-20-22-24-26-28-30-32-34-36-41(44)46-38-39(42)37-45-40(43)35-33-31-29-27-25-23-21-18-16-14-12-10-8-6-4-2/h11,13-14,16-17,19,22,24,28,30,39,42H,3-10,12,15,18,20-21,23,25-27,29,31-38H2,1-2H3/b13-11-,16-14-,19-17-,24-22-,30-28-/t39-/m1/s1. The summed E-state index contributed by atoms with van der Waals surface area (Å²) in [4.78, 5) is 23.9. The van der Waals surface area contributed by atoms with E-state index < -0.39 is 6.10 Å². The van der Waals surface area contributed by atoms with Gasteiger partial charge in [-0.1, -0.05) is 139 Å². The number of carbonyl (C=O) groups is 2. The molecule has 0 aromatic carbocycles. The van der Waals surface area contributed by atoms with Gasteiger partial charge in [0.25, 0.3) is 0 Å². The van der Waals surface area contributed by atoms with Crippen LogP contribution in [-0.4, -0.2) is 36.4 Å². The third kappa shape index (κ3) is 36.1. The molecule has 0 aliphatic carbocycles. The Morgan fingerprint density at radius 2 is 0.783 bits per heavy atom. The van der Waals surface area contributed by atoms with E-state index in [0.29, 0.717) is 19.3 Å². The molecule has 0 bridgehead atoms. The molecule has 0 aromatic heterocycles. The molecule has 0 fully saturated rings. The van der Waals surface area contributed by atoms with Gasteiger partial charge in [0, 0.05) is 12.8 Å². The third-order valence-corrected chi connectivity index (χ3v) is 7.73. The summed E-state index contributed by atoms with van der Waals surface area (Å²) in [6, 6.07) is 0. The van der Waals surface area contributed by atoms with Crippen molar-refractivity contribution < 1.29 is 24.2 Å². The van der Waals surface area contributed by atoms with Crippen molar-refractivity contribution in [2.75, 3.05) is 13.2 Å². The number of hydrogen-bond acceptors (Lipinski definition) is 5. The second-order valence-electron chi connectivity index (χ2n) is 12.3. The van der Waals surface area contributed by atoms with E-state index in [4.69, 9.17) is 9.47 Å². The van der Waals surface area contributed by atoms with E-state index in [1.807, 2.05) is 0 Å². The maximum atomic E-state index is 11.9. The van der Waals surface area contributed by atoms with Crippen molar-refractivity contribution in [3.8, 4) is 0 Å². The van der Waals surface area contributed by atoms with Crippen molar-refractivity contribution in [2.45, 2.75) is 174 Å². The van der Waals surface area contributed by atoms with Crippen molar-refractivity contribution in [3.05, 3.63) is 60.8 Å². The molecule has 0 saturated heterocycles. The molecule has 0 heterocycles. The number of aliphatic hydroxyl groups is 1.